The lowest BCUT2D eigenvalue weighted by Crippen LogP contribution is -2.53. The van der Waals surface area contributed by atoms with E-state index < -0.39 is 33.3 Å². The molecule has 9 heteroatoms. The lowest BCUT2D eigenvalue weighted by atomic mass is 10.1. The highest BCUT2D eigenvalue weighted by Gasteiger charge is 2.47. The highest BCUT2D eigenvalue weighted by Crippen LogP contribution is 2.31. The van der Waals surface area contributed by atoms with Gasteiger partial charge in [-0.05, 0) is 78.6 Å². The van der Waals surface area contributed by atoms with Gasteiger partial charge in [0.05, 0.1) is 25.4 Å². The lowest BCUT2D eigenvalue weighted by Gasteiger charge is -2.38. The van der Waals surface area contributed by atoms with E-state index in [0.29, 0.717) is 13.2 Å². The van der Waals surface area contributed by atoms with E-state index >= 15 is 0 Å². The Morgan fingerprint density at radius 3 is 1.67 bits per heavy atom. The Kier molecular flexibility index (Phi) is 8.77. The quantitative estimate of drug-likeness (QED) is 0.441. The van der Waals surface area contributed by atoms with Crippen molar-refractivity contribution in [2.24, 2.45) is 0 Å². The second-order valence-corrected chi connectivity index (χ2v) is 29.3. The van der Waals surface area contributed by atoms with E-state index in [9.17, 15) is 0 Å². The summed E-state index contributed by atoms with van der Waals surface area (Å²) in [7, 11) is -6.88. The third-order valence-corrected chi connectivity index (χ3v) is 7.72. The minimum atomic E-state index is -1.77. The molecule has 1 heterocycles. The third kappa shape index (κ3) is 10.9. The fraction of sp³-hybridized carbons (Fsp3) is 1.00. The molecule has 1 aliphatic rings. The Balaban J connectivity index is 3.07. The van der Waals surface area contributed by atoms with E-state index in [1.807, 2.05) is 0 Å². The summed E-state index contributed by atoms with van der Waals surface area (Å²) in [5.74, 6) is 0. The summed E-state index contributed by atoms with van der Waals surface area (Å²) in [5.41, 5.74) is 0. The van der Waals surface area contributed by atoms with Gasteiger partial charge in [-0.3, -0.25) is 0 Å². The monoisotopic (exact) mass is 452 g/mol. The van der Waals surface area contributed by atoms with E-state index in [1.54, 1.807) is 0 Å². The van der Waals surface area contributed by atoms with Crippen LogP contribution in [0.4, 0.5) is 0 Å². The number of rotatable bonds is 10. The zero-order chi connectivity index (χ0) is 21.3. The van der Waals surface area contributed by atoms with E-state index in [1.165, 1.54) is 0 Å². The largest absolute Gasteiger partial charge is 0.415 e. The van der Waals surface area contributed by atoms with Gasteiger partial charge in [0.15, 0.2) is 33.3 Å². The molecule has 0 radical (unpaired) electrons. The first kappa shape index (κ1) is 25.7. The molecule has 0 saturated carbocycles. The average Bonchev–Trinajstić information content (AvgIpc) is 2.71. The number of ether oxygens (including phenoxy) is 1. The van der Waals surface area contributed by atoms with Crippen molar-refractivity contribution in [3.8, 4) is 0 Å². The molecule has 1 fully saturated rings. The van der Waals surface area contributed by atoms with Gasteiger partial charge in [0.25, 0.3) is 0 Å². The van der Waals surface area contributed by atoms with Gasteiger partial charge in [-0.25, -0.2) is 0 Å². The van der Waals surface area contributed by atoms with Crippen LogP contribution in [0, 0.1) is 0 Å². The van der Waals surface area contributed by atoms with E-state index in [0.717, 1.165) is 0 Å². The molecule has 1 saturated heterocycles. The van der Waals surface area contributed by atoms with Crippen molar-refractivity contribution in [2.75, 3.05) is 13.2 Å². The van der Waals surface area contributed by atoms with E-state index in [-0.39, 0.29) is 24.4 Å². The maximum atomic E-state index is 6.60. The molecule has 0 aromatic heterocycles. The molecule has 0 aliphatic carbocycles. The molecule has 0 bridgehead atoms. The van der Waals surface area contributed by atoms with Crippen molar-refractivity contribution in [1.29, 1.82) is 0 Å². The van der Waals surface area contributed by atoms with Gasteiger partial charge in [-0.15, -0.1) is 0 Å². The molecule has 162 valence electrons. The zero-order valence-electron chi connectivity index (χ0n) is 19.8. The Hall–Kier alpha value is 0.668. The molecule has 0 spiro atoms. The van der Waals surface area contributed by atoms with Crippen LogP contribution >= 0.6 is 0 Å². The summed E-state index contributed by atoms with van der Waals surface area (Å²) >= 11 is 0. The predicted octanol–water partition coefficient (Wildman–Crippen LogP) is 4.90. The molecule has 0 amide bonds. The SMILES string of the molecule is C[Si](C)(C)OC[C@H](O[Si](C)(C)C)[C@H]1OC[C@H](O[Si](C)(C)C)[C@@H]1O[Si](C)(C)C. The zero-order valence-corrected chi connectivity index (χ0v) is 23.8. The van der Waals surface area contributed by atoms with Crippen molar-refractivity contribution in [2.45, 2.75) is 103 Å². The van der Waals surface area contributed by atoms with Gasteiger partial charge < -0.3 is 22.4 Å². The van der Waals surface area contributed by atoms with Crippen LogP contribution in [0.2, 0.25) is 78.6 Å². The molecule has 0 aromatic carbocycles. The Morgan fingerprint density at radius 1 is 0.741 bits per heavy atom. The first-order valence-electron chi connectivity index (χ1n) is 10.2. The van der Waals surface area contributed by atoms with Gasteiger partial charge in [-0.1, -0.05) is 0 Å². The van der Waals surface area contributed by atoms with Gasteiger partial charge in [0.1, 0.15) is 12.2 Å². The molecule has 0 aromatic rings. The Morgan fingerprint density at radius 2 is 1.26 bits per heavy atom. The van der Waals surface area contributed by atoms with Crippen LogP contribution in [0.25, 0.3) is 0 Å². The molecule has 0 unspecified atom stereocenters. The first-order chi connectivity index (χ1) is 11.9. The maximum absolute atomic E-state index is 6.60. The molecular weight excluding hydrogens is 409 g/mol. The van der Waals surface area contributed by atoms with Gasteiger partial charge in [0.2, 0.25) is 0 Å². The van der Waals surface area contributed by atoms with Crippen LogP contribution in [0.1, 0.15) is 0 Å². The van der Waals surface area contributed by atoms with Crippen LogP contribution in [0.15, 0.2) is 0 Å². The molecular formula is C18H44O5Si4. The standard InChI is InChI=1S/C18H44O5Si4/c1-24(2,3)20-14-16(22-26(7,8)9)17-18(23-27(10,11)12)15(13-19-17)21-25(4,5)6/h15-18H,13-14H2,1-12H3/t15-,16-,17+,18-/m0/s1. The van der Waals surface area contributed by atoms with Crippen LogP contribution in [-0.2, 0) is 22.4 Å². The third-order valence-electron chi connectivity index (χ3n) is 3.69. The fourth-order valence-electron chi connectivity index (χ4n) is 3.01. The van der Waals surface area contributed by atoms with Crippen LogP contribution < -0.4 is 0 Å². The predicted molar refractivity (Wildman–Crippen MR) is 124 cm³/mol. The molecule has 0 N–H and O–H groups in total. The van der Waals surface area contributed by atoms with Crippen molar-refractivity contribution in [3.05, 3.63) is 0 Å². The summed E-state index contributed by atoms with van der Waals surface area (Å²) in [5, 5.41) is 0. The Bertz CT molecular complexity index is 462. The number of hydrogen-bond acceptors (Lipinski definition) is 5. The van der Waals surface area contributed by atoms with E-state index in [2.05, 4.69) is 78.6 Å². The topological polar surface area (TPSA) is 46.2 Å². The Labute approximate surface area is 172 Å². The summed E-state index contributed by atoms with van der Waals surface area (Å²) in [6.07, 6.45) is -0.357. The summed E-state index contributed by atoms with van der Waals surface area (Å²) in [6.45, 7) is 27.7. The normalized spacial score (nSPS) is 26.4. The molecule has 4 atom stereocenters. The minimum Gasteiger partial charge on any atom is -0.415 e. The first-order valence-corrected chi connectivity index (χ1v) is 23.8. The summed E-state index contributed by atoms with van der Waals surface area (Å²) < 4.78 is 32.1. The van der Waals surface area contributed by atoms with Crippen molar-refractivity contribution >= 4 is 33.3 Å². The molecule has 5 nitrogen and oxygen atoms in total. The lowest BCUT2D eigenvalue weighted by molar-refractivity contribution is -0.0521. The second-order valence-electron chi connectivity index (χ2n) is 11.5. The van der Waals surface area contributed by atoms with Gasteiger partial charge in [0, 0.05) is 0 Å². The van der Waals surface area contributed by atoms with Crippen molar-refractivity contribution < 1.29 is 22.4 Å². The average molecular weight is 453 g/mol. The van der Waals surface area contributed by atoms with Crippen molar-refractivity contribution in [1.82, 2.24) is 0 Å². The van der Waals surface area contributed by atoms with Crippen molar-refractivity contribution in [3.63, 3.8) is 0 Å². The van der Waals surface area contributed by atoms with E-state index in [4.69, 9.17) is 22.4 Å². The highest BCUT2D eigenvalue weighted by molar-refractivity contribution is 6.71. The smallest absolute Gasteiger partial charge is 0.184 e. The maximum Gasteiger partial charge on any atom is 0.184 e. The summed E-state index contributed by atoms with van der Waals surface area (Å²) in [4.78, 5) is 0. The van der Waals surface area contributed by atoms with Crippen LogP contribution in [0.3, 0.4) is 0 Å². The van der Waals surface area contributed by atoms with Gasteiger partial charge in [-0.2, -0.15) is 0 Å². The molecule has 1 aliphatic heterocycles. The molecule has 1 rings (SSSR count). The highest BCUT2D eigenvalue weighted by atomic mass is 28.4. The fourth-order valence-corrected chi connectivity index (χ4v) is 7.00. The van der Waals surface area contributed by atoms with Crippen LogP contribution in [-0.4, -0.2) is 70.9 Å². The second kappa shape index (κ2) is 9.21. The van der Waals surface area contributed by atoms with Crippen LogP contribution in [0.5, 0.6) is 0 Å². The molecule has 27 heavy (non-hydrogen) atoms. The number of hydrogen-bond donors (Lipinski definition) is 0. The minimum absolute atomic E-state index is 0.0204. The van der Waals surface area contributed by atoms with Gasteiger partial charge >= 0.3 is 0 Å². The summed E-state index contributed by atoms with van der Waals surface area (Å²) in [6, 6.07) is 0.